The van der Waals surface area contributed by atoms with Gasteiger partial charge in [-0.2, -0.15) is 0 Å². The molecule has 0 heterocycles. The van der Waals surface area contributed by atoms with E-state index in [2.05, 4.69) is 5.32 Å². The number of amides is 1. The molecule has 0 aliphatic carbocycles. The standard InChI is InChI=1S/C16H23NO4/c1-16(2,3)13(15(19)20)14(18)17-9-8-11-6-5-7-12(10-11)21-4/h5-7,10,13H,8-9H2,1-4H3,(H,17,18)(H,19,20). The van der Waals surface area contributed by atoms with Crippen molar-refractivity contribution in [1.29, 1.82) is 0 Å². The molecule has 5 nitrogen and oxygen atoms in total. The zero-order chi connectivity index (χ0) is 16.0. The second-order valence-electron chi connectivity index (χ2n) is 6.03. The molecule has 0 fully saturated rings. The van der Waals surface area contributed by atoms with Crippen LogP contribution in [0, 0.1) is 11.3 Å². The summed E-state index contributed by atoms with van der Waals surface area (Å²) in [5.41, 5.74) is 0.406. The fraction of sp³-hybridized carbons (Fsp3) is 0.500. The SMILES string of the molecule is COc1cccc(CCNC(=O)C(C(=O)O)C(C)(C)C)c1. The largest absolute Gasteiger partial charge is 0.497 e. The van der Waals surface area contributed by atoms with Crippen molar-refractivity contribution in [3.63, 3.8) is 0 Å². The predicted molar refractivity (Wildman–Crippen MR) is 80.3 cm³/mol. The maximum Gasteiger partial charge on any atom is 0.316 e. The van der Waals surface area contributed by atoms with Crippen LogP contribution in [0.3, 0.4) is 0 Å². The Morgan fingerprint density at radius 1 is 1.33 bits per heavy atom. The molecule has 1 rings (SSSR count). The van der Waals surface area contributed by atoms with E-state index in [9.17, 15) is 14.7 Å². The second-order valence-corrected chi connectivity index (χ2v) is 6.03. The molecule has 1 atom stereocenters. The highest BCUT2D eigenvalue weighted by molar-refractivity contribution is 5.97. The van der Waals surface area contributed by atoms with Gasteiger partial charge in [0.1, 0.15) is 11.7 Å². The minimum absolute atomic E-state index is 0.395. The van der Waals surface area contributed by atoms with E-state index in [1.165, 1.54) is 0 Å². The molecule has 5 heteroatoms. The summed E-state index contributed by atoms with van der Waals surface area (Å²) >= 11 is 0. The topological polar surface area (TPSA) is 75.6 Å². The Balaban J connectivity index is 2.58. The number of carbonyl (C=O) groups excluding carboxylic acids is 1. The summed E-state index contributed by atoms with van der Waals surface area (Å²) in [4.78, 5) is 23.3. The van der Waals surface area contributed by atoms with Gasteiger partial charge >= 0.3 is 5.97 Å². The van der Waals surface area contributed by atoms with Gasteiger partial charge in [-0.25, -0.2) is 0 Å². The molecule has 21 heavy (non-hydrogen) atoms. The summed E-state index contributed by atoms with van der Waals surface area (Å²) in [5.74, 6) is -1.83. The number of rotatable bonds is 6. The van der Waals surface area contributed by atoms with Crippen LogP contribution in [0.4, 0.5) is 0 Å². The fourth-order valence-corrected chi connectivity index (χ4v) is 2.14. The Labute approximate surface area is 125 Å². The first kappa shape index (κ1) is 17.0. The normalized spacial score (nSPS) is 12.6. The summed E-state index contributed by atoms with van der Waals surface area (Å²) in [7, 11) is 1.60. The van der Waals surface area contributed by atoms with Crippen molar-refractivity contribution >= 4 is 11.9 Å². The van der Waals surface area contributed by atoms with Gasteiger partial charge in [0.15, 0.2) is 0 Å². The van der Waals surface area contributed by atoms with Gasteiger partial charge in [0.25, 0.3) is 0 Å². The maximum absolute atomic E-state index is 12.0. The minimum atomic E-state index is -1.10. The van der Waals surface area contributed by atoms with E-state index in [4.69, 9.17) is 4.74 Å². The average molecular weight is 293 g/mol. The minimum Gasteiger partial charge on any atom is -0.497 e. The Bertz CT molecular complexity index is 505. The lowest BCUT2D eigenvalue weighted by molar-refractivity contribution is -0.151. The third kappa shape index (κ3) is 5.10. The smallest absolute Gasteiger partial charge is 0.316 e. The molecule has 0 saturated carbocycles. The van der Waals surface area contributed by atoms with E-state index < -0.39 is 23.2 Å². The van der Waals surface area contributed by atoms with Crippen molar-refractivity contribution in [2.45, 2.75) is 27.2 Å². The van der Waals surface area contributed by atoms with Gasteiger partial charge in [0, 0.05) is 6.54 Å². The van der Waals surface area contributed by atoms with Crippen LogP contribution < -0.4 is 10.1 Å². The first-order valence-electron chi connectivity index (χ1n) is 6.89. The monoisotopic (exact) mass is 293 g/mol. The fourth-order valence-electron chi connectivity index (χ4n) is 2.14. The molecule has 0 radical (unpaired) electrons. The number of carboxylic acids is 1. The Morgan fingerprint density at radius 2 is 2.00 bits per heavy atom. The highest BCUT2D eigenvalue weighted by atomic mass is 16.5. The lowest BCUT2D eigenvalue weighted by Gasteiger charge is -2.25. The van der Waals surface area contributed by atoms with Crippen LogP contribution >= 0.6 is 0 Å². The molecule has 0 saturated heterocycles. The van der Waals surface area contributed by atoms with E-state index in [1.54, 1.807) is 27.9 Å². The molecule has 1 amide bonds. The van der Waals surface area contributed by atoms with Crippen LogP contribution in [-0.2, 0) is 16.0 Å². The molecular formula is C16H23NO4. The summed E-state index contributed by atoms with van der Waals surface area (Å²) in [6.07, 6.45) is 0.624. The first-order valence-corrected chi connectivity index (χ1v) is 6.89. The van der Waals surface area contributed by atoms with Crippen molar-refractivity contribution in [3.8, 4) is 5.75 Å². The lowest BCUT2D eigenvalue weighted by atomic mass is 9.80. The molecule has 0 bridgehead atoms. The number of carbonyl (C=O) groups is 2. The van der Waals surface area contributed by atoms with Crippen LogP contribution in [0.5, 0.6) is 5.75 Å². The molecule has 116 valence electrons. The molecule has 1 unspecified atom stereocenters. The van der Waals surface area contributed by atoms with Crippen LogP contribution in [0.25, 0.3) is 0 Å². The summed E-state index contributed by atoms with van der Waals surface area (Å²) in [5, 5.41) is 11.9. The maximum atomic E-state index is 12.0. The van der Waals surface area contributed by atoms with Gasteiger partial charge in [-0.3, -0.25) is 9.59 Å². The van der Waals surface area contributed by atoms with Crippen molar-refractivity contribution in [3.05, 3.63) is 29.8 Å². The highest BCUT2D eigenvalue weighted by Gasteiger charge is 2.37. The average Bonchev–Trinajstić information content (AvgIpc) is 2.36. The molecular weight excluding hydrogens is 270 g/mol. The predicted octanol–water partition coefficient (Wildman–Crippen LogP) is 2.10. The zero-order valence-electron chi connectivity index (χ0n) is 13.0. The van der Waals surface area contributed by atoms with Crippen molar-refractivity contribution in [1.82, 2.24) is 5.32 Å². The zero-order valence-corrected chi connectivity index (χ0v) is 13.0. The Hall–Kier alpha value is -2.04. The van der Waals surface area contributed by atoms with Crippen LogP contribution in [0.15, 0.2) is 24.3 Å². The summed E-state index contributed by atoms with van der Waals surface area (Å²) in [6.45, 7) is 5.63. The number of ether oxygens (including phenoxy) is 1. The van der Waals surface area contributed by atoms with Crippen LogP contribution in [0.2, 0.25) is 0 Å². The van der Waals surface area contributed by atoms with Crippen molar-refractivity contribution in [2.75, 3.05) is 13.7 Å². The Morgan fingerprint density at radius 3 is 2.52 bits per heavy atom. The van der Waals surface area contributed by atoms with E-state index in [0.29, 0.717) is 13.0 Å². The van der Waals surface area contributed by atoms with Gasteiger partial charge in [-0.15, -0.1) is 0 Å². The van der Waals surface area contributed by atoms with E-state index in [0.717, 1.165) is 11.3 Å². The number of carboxylic acid groups (broad SMARTS) is 1. The van der Waals surface area contributed by atoms with Gasteiger partial charge in [0.05, 0.1) is 7.11 Å². The number of hydrogen-bond donors (Lipinski definition) is 2. The lowest BCUT2D eigenvalue weighted by Crippen LogP contribution is -2.43. The van der Waals surface area contributed by atoms with Gasteiger partial charge in [-0.05, 0) is 29.5 Å². The van der Waals surface area contributed by atoms with Crippen molar-refractivity contribution < 1.29 is 19.4 Å². The first-order chi connectivity index (χ1) is 9.75. The van der Waals surface area contributed by atoms with E-state index in [-0.39, 0.29) is 0 Å². The van der Waals surface area contributed by atoms with Crippen LogP contribution in [-0.4, -0.2) is 30.6 Å². The third-order valence-electron chi connectivity index (χ3n) is 3.22. The van der Waals surface area contributed by atoms with Gasteiger partial charge < -0.3 is 15.2 Å². The molecule has 1 aromatic rings. The molecule has 0 aliphatic rings. The van der Waals surface area contributed by atoms with Gasteiger partial charge in [-0.1, -0.05) is 32.9 Å². The Kier molecular flexibility index (Phi) is 5.76. The van der Waals surface area contributed by atoms with Crippen molar-refractivity contribution in [2.24, 2.45) is 11.3 Å². The van der Waals surface area contributed by atoms with Gasteiger partial charge in [0.2, 0.25) is 5.91 Å². The number of benzene rings is 1. The summed E-state index contributed by atoms with van der Waals surface area (Å²) < 4.78 is 5.13. The molecule has 0 aromatic heterocycles. The number of hydrogen-bond acceptors (Lipinski definition) is 3. The number of nitrogens with one attached hydrogen (secondary N) is 1. The van der Waals surface area contributed by atoms with Crippen LogP contribution in [0.1, 0.15) is 26.3 Å². The molecule has 1 aromatic carbocycles. The third-order valence-corrected chi connectivity index (χ3v) is 3.22. The highest BCUT2D eigenvalue weighted by Crippen LogP contribution is 2.26. The molecule has 2 N–H and O–H groups in total. The number of aliphatic carboxylic acids is 1. The van der Waals surface area contributed by atoms with E-state index >= 15 is 0 Å². The molecule has 0 spiro atoms. The number of methoxy groups -OCH3 is 1. The molecule has 0 aliphatic heterocycles. The van der Waals surface area contributed by atoms with E-state index in [1.807, 2.05) is 24.3 Å². The second kappa shape index (κ2) is 7.11. The summed E-state index contributed by atoms with van der Waals surface area (Å²) in [6, 6.07) is 7.56. The quantitative estimate of drug-likeness (QED) is 0.788.